The van der Waals surface area contributed by atoms with Gasteiger partial charge in [-0.1, -0.05) is 0 Å². The smallest absolute Gasteiger partial charge is 0.275 e. The molecule has 0 amide bonds. The second-order valence-electron chi connectivity index (χ2n) is 4.67. The Morgan fingerprint density at radius 1 is 1.44 bits per heavy atom. The molecule has 0 radical (unpaired) electrons. The number of aliphatic hydroxyl groups is 1. The molecule has 0 aliphatic carbocycles. The van der Waals surface area contributed by atoms with Gasteiger partial charge >= 0.3 is 0 Å². The van der Waals surface area contributed by atoms with E-state index in [1.165, 1.54) is 12.1 Å². The predicted octanol–water partition coefficient (Wildman–Crippen LogP) is 1.56. The fourth-order valence-corrected chi connectivity index (χ4v) is 1.86. The van der Waals surface area contributed by atoms with Gasteiger partial charge in [-0.2, -0.15) is 0 Å². The standard InChI is InChI=1S/C12H16N2O4/c1-8(2)18-12-4-9(13-6-11(15)7-13)3-10(5-12)14(16)17/h3-5,8,11,15H,6-7H2,1-2H3. The molecule has 18 heavy (non-hydrogen) atoms. The number of non-ortho nitro benzene ring substituents is 1. The first-order chi connectivity index (χ1) is 8.45. The first-order valence-corrected chi connectivity index (χ1v) is 5.85. The summed E-state index contributed by atoms with van der Waals surface area (Å²) in [6, 6.07) is 4.68. The van der Waals surface area contributed by atoms with E-state index in [1.54, 1.807) is 6.07 Å². The van der Waals surface area contributed by atoms with Gasteiger partial charge in [-0.05, 0) is 13.8 Å². The number of hydrogen-bond acceptors (Lipinski definition) is 5. The van der Waals surface area contributed by atoms with Gasteiger partial charge in [0.05, 0.1) is 23.2 Å². The molecule has 1 aromatic rings. The number of aliphatic hydroxyl groups excluding tert-OH is 1. The average molecular weight is 252 g/mol. The highest BCUT2D eigenvalue weighted by atomic mass is 16.6. The Labute approximate surface area is 105 Å². The molecule has 0 spiro atoms. The number of nitro groups is 1. The summed E-state index contributed by atoms with van der Waals surface area (Å²) < 4.78 is 5.50. The third-order valence-electron chi connectivity index (χ3n) is 2.69. The van der Waals surface area contributed by atoms with Gasteiger partial charge in [-0.25, -0.2) is 0 Å². The molecular weight excluding hydrogens is 236 g/mol. The van der Waals surface area contributed by atoms with E-state index < -0.39 is 4.92 Å². The zero-order valence-electron chi connectivity index (χ0n) is 10.4. The van der Waals surface area contributed by atoms with Crippen molar-refractivity contribution in [1.82, 2.24) is 0 Å². The van der Waals surface area contributed by atoms with Crippen molar-refractivity contribution in [2.24, 2.45) is 0 Å². The molecule has 0 bridgehead atoms. The van der Waals surface area contributed by atoms with E-state index in [1.807, 2.05) is 18.7 Å². The van der Waals surface area contributed by atoms with Crippen LogP contribution in [0.1, 0.15) is 13.8 Å². The lowest BCUT2D eigenvalue weighted by Gasteiger charge is -2.37. The summed E-state index contributed by atoms with van der Waals surface area (Å²) in [7, 11) is 0. The van der Waals surface area contributed by atoms with E-state index in [0.29, 0.717) is 24.5 Å². The van der Waals surface area contributed by atoms with Crippen molar-refractivity contribution < 1.29 is 14.8 Å². The Balaban J connectivity index is 2.27. The highest BCUT2D eigenvalue weighted by molar-refractivity contribution is 5.59. The first-order valence-electron chi connectivity index (χ1n) is 5.85. The quantitative estimate of drug-likeness (QED) is 0.650. The Bertz CT molecular complexity index is 455. The second-order valence-corrected chi connectivity index (χ2v) is 4.67. The minimum atomic E-state index is -0.438. The Kier molecular flexibility index (Phi) is 3.38. The van der Waals surface area contributed by atoms with Crippen LogP contribution in [0.15, 0.2) is 18.2 Å². The molecule has 0 atom stereocenters. The number of ether oxygens (including phenoxy) is 1. The van der Waals surface area contributed by atoms with Gasteiger partial charge < -0.3 is 14.7 Å². The van der Waals surface area contributed by atoms with Gasteiger partial charge in [-0.15, -0.1) is 0 Å². The maximum atomic E-state index is 10.9. The van der Waals surface area contributed by atoms with Crippen LogP contribution in [-0.4, -0.2) is 35.3 Å². The lowest BCUT2D eigenvalue weighted by molar-refractivity contribution is -0.384. The van der Waals surface area contributed by atoms with Crippen molar-refractivity contribution in [3.8, 4) is 5.75 Å². The number of benzene rings is 1. The molecule has 98 valence electrons. The van der Waals surface area contributed by atoms with Gasteiger partial charge in [0, 0.05) is 30.9 Å². The number of rotatable bonds is 4. The molecule has 1 fully saturated rings. The molecule has 0 unspecified atom stereocenters. The van der Waals surface area contributed by atoms with Crippen molar-refractivity contribution in [2.45, 2.75) is 26.1 Å². The Morgan fingerprint density at radius 3 is 2.61 bits per heavy atom. The van der Waals surface area contributed by atoms with E-state index in [-0.39, 0.29) is 17.9 Å². The molecule has 1 aromatic carbocycles. The molecule has 1 heterocycles. The number of β-amino-alcohol motifs (C(OH)–C–C–N with tert-alkyl or cyclic N) is 1. The summed E-state index contributed by atoms with van der Waals surface area (Å²) in [4.78, 5) is 12.3. The minimum absolute atomic E-state index is 0.00420. The van der Waals surface area contributed by atoms with Gasteiger partial charge in [-0.3, -0.25) is 10.1 Å². The topological polar surface area (TPSA) is 75.8 Å². The molecule has 1 aliphatic heterocycles. The Hall–Kier alpha value is -1.82. The maximum absolute atomic E-state index is 10.9. The normalized spacial score (nSPS) is 15.7. The van der Waals surface area contributed by atoms with Gasteiger partial charge in [0.1, 0.15) is 5.75 Å². The summed E-state index contributed by atoms with van der Waals surface area (Å²) in [5, 5.41) is 20.1. The van der Waals surface area contributed by atoms with Gasteiger partial charge in [0.2, 0.25) is 0 Å². The molecule has 6 nitrogen and oxygen atoms in total. The monoisotopic (exact) mass is 252 g/mol. The lowest BCUT2D eigenvalue weighted by atomic mass is 10.1. The van der Waals surface area contributed by atoms with Crippen LogP contribution in [0.25, 0.3) is 0 Å². The zero-order chi connectivity index (χ0) is 13.3. The maximum Gasteiger partial charge on any atom is 0.275 e. The van der Waals surface area contributed by atoms with E-state index in [0.717, 1.165) is 0 Å². The number of hydrogen-bond donors (Lipinski definition) is 1. The van der Waals surface area contributed by atoms with E-state index in [4.69, 9.17) is 4.74 Å². The van der Waals surface area contributed by atoms with Gasteiger partial charge in [0.15, 0.2) is 0 Å². The molecule has 6 heteroatoms. The highest BCUT2D eigenvalue weighted by Crippen LogP contribution is 2.31. The molecule has 1 saturated heterocycles. The van der Waals surface area contributed by atoms with Crippen LogP contribution in [0.5, 0.6) is 5.75 Å². The van der Waals surface area contributed by atoms with Crippen LogP contribution in [0, 0.1) is 10.1 Å². The van der Waals surface area contributed by atoms with Crippen molar-refractivity contribution in [3.05, 3.63) is 28.3 Å². The van der Waals surface area contributed by atoms with E-state index in [9.17, 15) is 15.2 Å². The van der Waals surface area contributed by atoms with Crippen molar-refractivity contribution in [1.29, 1.82) is 0 Å². The Morgan fingerprint density at radius 2 is 2.11 bits per heavy atom. The molecule has 1 N–H and O–H groups in total. The number of anilines is 1. The second kappa shape index (κ2) is 4.81. The fourth-order valence-electron chi connectivity index (χ4n) is 1.86. The average Bonchev–Trinajstić information content (AvgIpc) is 2.23. The summed E-state index contributed by atoms with van der Waals surface area (Å²) in [5.74, 6) is 0.482. The summed E-state index contributed by atoms with van der Waals surface area (Å²) in [6.45, 7) is 4.74. The van der Waals surface area contributed by atoms with Crippen molar-refractivity contribution in [3.63, 3.8) is 0 Å². The number of nitro benzene ring substituents is 1. The zero-order valence-corrected chi connectivity index (χ0v) is 10.4. The SMILES string of the molecule is CC(C)Oc1cc(N2CC(O)C2)cc([N+](=O)[O-])c1. The molecule has 0 aromatic heterocycles. The van der Waals surface area contributed by atoms with Gasteiger partial charge in [0.25, 0.3) is 5.69 Å². The van der Waals surface area contributed by atoms with Crippen molar-refractivity contribution in [2.75, 3.05) is 18.0 Å². The van der Waals surface area contributed by atoms with Crippen LogP contribution >= 0.6 is 0 Å². The van der Waals surface area contributed by atoms with E-state index >= 15 is 0 Å². The minimum Gasteiger partial charge on any atom is -0.491 e. The lowest BCUT2D eigenvalue weighted by Crippen LogP contribution is -2.50. The third kappa shape index (κ3) is 2.70. The molecule has 0 saturated carbocycles. The number of nitrogens with zero attached hydrogens (tertiary/aromatic N) is 2. The van der Waals surface area contributed by atoms with Crippen LogP contribution in [0.3, 0.4) is 0 Å². The van der Waals surface area contributed by atoms with Crippen molar-refractivity contribution >= 4 is 11.4 Å². The summed E-state index contributed by atoms with van der Waals surface area (Å²) in [6.07, 6.45) is -0.388. The molecule has 1 aliphatic rings. The summed E-state index contributed by atoms with van der Waals surface area (Å²) >= 11 is 0. The largest absolute Gasteiger partial charge is 0.491 e. The fraction of sp³-hybridized carbons (Fsp3) is 0.500. The predicted molar refractivity (Wildman–Crippen MR) is 67.1 cm³/mol. The molecular formula is C12H16N2O4. The highest BCUT2D eigenvalue weighted by Gasteiger charge is 2.26. The first kappa shape index (κ1) is 12.6. The molecule has 2 rings (SSSR count). The van der Waals surface area contributed by atoms with Crippen LogP contribution in [0.4, 0.5) is 11.4 Å². The van der Waals surface area contributed by atoms with E-state index in [2.05, 4.69) is 0 Å². The van der Waals surface area contributed by atoms with Crippen LogP contribution in [0.2, 0.25) is 0 Å². The third-order valence-corrected chi connectivity index (χ3v) is 2.69. The summed E-state index contributed by atoms with van der Waals surface area (Å²) in [5.41, 5.74) is 0.717. The van der Waals surface area contributed by atoms with Crippen LogP contribution in [-0.2, 0) is 0 Å². The van der Waals surface area contributed by atoms with Crippen LogP contribution < -0.4 is 9.64 Å².